The summed E-state index contributed by atoms with van der Waals surface area (Å²) in [5, 5.41) is 13.4. The van der Waals surface area contributed by atoms with Crippen molar-refractivity contribution >= 4 is 11.6 Å². The van der Waals surface area contributed by atoms with E-state index >= 15 is 0 Å². The van der Waals surface area contributed by atoms with E-state index in [1.54, 1.807) is 4.90 Å². The van der Waals surface area contributed by atoms with E-state index in [1.807, 2.05) is 18.2 Å². The van der Waals surface area contributed by atoms with E-state index in [9.17, 15) is 9.90 Å². The molecule has 3 rings (SSSR count). The molecule has 4 heteroatoms. The zero-order chi connectivity index (χ0) is 13.5. The van der Waals surface area contributed by atoms with E-state index < -0.39 is 5.60 Å². The first-order chi connectivity index (χ1) is 9.11. The maximum atomic E-state index is 12.3. The highest BCUT2D eigenvalue weighted by atomic mass is 16.3. The molecule has 19 heavy (non-hydrogen) atoms. The molecule has 0 bridgehead atoms. The molecule has 2 aliphatic heterocycles. The number of rotatable bonds is 3. The fourth-order valence-electron chi connectivity index (χ4n) is 3.05. The third-order valence-corrected chi connectivity index (χ3v) is 4.03. The van der Waals surface area contributed by atoms with Crippen LogP contribution >= 0.6 is 0 Å². The number of hydrogen-bond acceptors (Lipinski definition) is 3. The number of fused-ring (bicyclic) bond motifs is 1. The number of β-amino-alcohol motifs (C(OH)–C–C–N with tert-alkyl or cyclic N) is 1. The van der Waals surface area contributed by atoms with Crippen molar-refractivity contribution in [3.05, 3.63) is 29.3 Å². The molecule has 0 atom stereocenters. The van der Waals surface area contributed by atoms with Crippen LogP contribution in [0.25, 0.3) is 0 Å². The first kappa shape index (κ1) is 12.5. The molecule has 1 amide bonds. The lowest BCUT2D eigenvalue weighted by molar-refractivity contribution is -0.0860. The van der Waals surface area contributed by atoms with Gasteiger partial charge in [-0.25, -0.2) is 0 Å². The molecule has 0 aliphatic carbocycles. The number of amides is 1. The largest absolute Gasteiger partial charge is 0.386 e. The first-order valence-electron chi connectivity index (χ1n) is 7.00. The minimum Gasteiger partial charge on any atom is -0.386 e. The second-order valence-electron chi connectivity index (χ2n) is 5.68. The molecule has 4 nitrogen and oxygen atoms in total. The average Bonchev–Trinajstić information content (AvgIpc) is 2.82. The van der Waals surface area contributed by atoms with E-state index in [0.717, 1.165) is 37.1 Å². The molecular formula is C15H20N2O2. The second-order valence-corrected chi connectivity index (χ2v) is 5.68. The molecule has 1 saturated heterocycles. The standard InChI is InChI=1S/C15H20N2O2/c1-2-6-15(19)9-17(10-15)14(18)12-3-4-13-11(8-12)5-7-16-13/h3-4,8,16,19H,2,5-7,9-10H2,1H3. The van der Waals surface area contributed by atoms with Crippen LogP contribution in [0.5, 0.6) is 0 Å². The molecule has 2 heterocycles. The van der Waals surface area contributed by atoms with Crippen molar-refractivity contribution in [2.45, 2.75) is 31.8 Å². The summed E-state index contributed by atoms with van der Waals surface area (Å²) in [6, 6.07) is 5.83. The van der Waals surface area contributed by atoms with E-state index in [4.69, 9.17) is 0 Å². The van der Waals surface area contributed by atoms with Gasteiger partial charge in [0, 0.05) is 17.8 Å². The summed E-state index contributed by atoms with van der Waals surface area (Å²) in [6.45, 7) is 3.94. The van der Waals surface area contributed by atoms with Gasteiger partial charge in [-0.15, -0.1) is 0 Å². The number of benzene rings is 1. The Morgan fingerprint density at radius 1 is 1.47 bits per heavy atom. The monoisotopic (exact) mass is 260 g/mol. The van der Waals surface area contributed by atoms with Gasteiger partial charge in [0.05, 0.1) is 18.7 Å². The van der Waals surface area contributed by atoms with Gasteiger partial charge in [-0.2, -0.15) is 0 Å². The Bertz CT molecular complexity index is 507. The number of nitrogens with one attached hydrogen (secondary N) is 1. The number of carbonyl (C=O) groups excluding carboxylic acids is 1. The van der Waals surface area contributed by atoms with Gasteiger partial charge in [-0.05, 0) is 36.6 Å². The van der Waals surface area contributed by atoms with Crippen molar-refractivity contribution in [2.75, 3.05) is 25.0 Å². The van der Waals surface area contributed by atoms with Crippen LogP contribution in [-0.4, -0.2) is 41.1 Å². The summed E-state index contributed by atoms with van der Waals surface area (Å²) in [5.41, 5.74) is 2.45. The molecule has 0 unspecified atom stereocenters. The van der Waals surface area contributed by atoms with Gasteiger partial charge in [0.15, 0.2) is 0 Å². The predicted molar refractivity (Wildman–Crippen MR) is 74.4 cm³/mol. The number of likely N-dealkylation sites (tertiary alicyclic amines) is 1. The van der Waals surface area contributed by atoms with Crippen molar-refractivity contribution in [1.82, 2.24) is 4.90 Å². The summed E-state index contributed by atoms with van der Waals surface area (Å²) >= 11 is 0. The molecule has 2 N–H and O–H groups in total. The second kappa shape index (κ2) is 4.53. The molecule has 102 valence electrons. The van der Waals surface area contributed by atoms with Crippen LogP contribution in [0, 0.1) is 0 Å². The van der Waals surface area contributed by atoms with Gasteiger partial charge < -0.3 is 15.3 Å². The Kier molecular flexibility index (Phi) is 2.97. The smallest absolute Gasteiger partial charge is 0.254 e. The molecule has 0 radical (unpaired) electrons. The highest BCUT2D eigenvalue weighted by Crippen LogP contribution is 2.29. The SMILES string of the molecule is CCCC1(O)CN(C(=O)c2ccc3c(c2)CCN3)C1. The van der Waals surface area contributed by atoms with Crippen LogP contribution in [0.15, 0.2) is 18.2 Å². The van der Waals surface area contributed by atoms with Crippen molar-refractivity contribution in [2.24, 2.45) is 0 Å². The van der Waals surface area contributed by atoms with Crippen molar-refractivity contribution in [3.63, 3.8) is 0 Å². The van der Waals surface area contributed by atoms with Gasteiger partial charge in [0.25, 0.3) is 5.91 Å². The number of anilines is 1. The summed E-state index contributed by atoms with van der Waals surface area (Å²) in [7, 11) is 0. The molecule has 0 saturated carbocycles. The maximum Gasteiger partial charge on any atom is 0.254 e. The summed E-state index contributed by atoms with van der Waals surface area (Å²) in [5.74, 6) is 0.0375. The Hall–Kier alpha value is -1.55. The van der Waals surface area contributed by atoms with Crippen molar-refractivity contribution < 1.29 is 9.90 Å². The Balaban J connectivity index is 1.69. The normalized spacial score (nSPS) is 19.6. The molecule has 2 aliphatic rings. The highest BCUT2D eigenvalue weighted by molar-refractivity contribution is 5.95. The fourth-order valence-corrected chi connectivity index (χ4v) is 3.05. The van der Waals surface area contributed by atoms with Gasteiger partial charge in [0.2, 0.25) is 0 Å². The zero-order valence-electron chi connectivity index (χ0n) is 11.3. The van der Waals surface area contributed by atoms with Crippen LogP contribution in [0.1, 0.15) is 35.7 Å². The van der Waals surface area contributed by atoms with Gasteiger partial charge in [0.1, 0.15) is 0 Å². The highest BCUT2D eigenvalue weighted by Gasteiger charge is 2.42. The first-order valence-corrected chi connectivity index (χ1v) is 7.00. The van der Waals surface area contributed by atoms with Crippen molar-refractivity contribution in [1.29, 1.82) is 0 Å². The minimum atomic E-state index is -0.650. The van der Waals surface area contributed by atoms with Gasteiger partial charge >= 0.3 is 0 Å². The van der Waals surface area contributed by atoms with Crippen LogP contribution in [0.3, 0.4) is 0 Å². The van der Waals surface area contributed by atoms with Gasteiger partial charge in [-0.3, -0.25) is 4.79 Å². The van der Waals surface area contributed by atoms with Crippen LogP contribution < -0.4 is 5.32 Å². The predicted octanol–water partition coefficient (Wildman–Crippen LogP) is 1.64. The Morgan fingerprint density at radius 2 is 2.26 bits per heavy atom. The lowest BCUT2D eigenvalue weighted by atomic mass is 9.88. The molecule has 0 aromatic heterocycles. The molecular weight excluding hydrogens is 240 g/mol. The molecule has 1 aromatic carbocycles. The Morgan fingerprint density at radius 3 is 3.00 bits per heavy atom. The maximum absolute atomic E-state index is 12.3. The number of nitrogens with zero attached hydrogens (tertiary/aromatic N) is 1. The summed E-state index contributed by atoms with van der Waals surface area (Å²) < 4.78 is 0. The lowest BCUT2D eigenvalue weighted by Crippen LogP contribution is -2.63. The number of hydrogen-bond donors (Lipinski definition) is 2. The lowest BCUT2D eigenvalue weighted by Gasteiger charge is -2.46. The fraction of sp³-hybridized carbons (Fsp3) is 0.533. The van der Waals surface area contributed by atoms with Crippen LogP contribution in [0.4, 0.5) is 5.69 Å². The average molecular weight is 260 g/mol. The number of aliphatic hydroxyl groups is 1. The number of carbonyl (C=O) groups is 1. The minimum absolute atomic E-state index is 0.0375. The molecule has 1 fully saturated rings. The van der Waals surface area contributed by atoms with Crippen LogP contribution in [0.2, 0.25) is 0 Å². The topological polar surface area (TPSA) is 52.6 Å². The van der Waals surface area contributed by atoms with Crippen LogP contribution in [-0.2, 0) is 6.42 Å². The zero-order valence-corrected chi connectivity index (χ0v) is 11.3. The van der Waals surface area contributed by atoms with E-state index in [2.05, 4.69) is 12.2 Å². The molecule has 1 aromatic rings. The van der Waals surface area contributed by atoms with E-state index in [0.29, 0.717) is 13.1 Å². The van der Waals surface area contributed by atoms with E-state index in [1.165, 1.54) is 5.56 Å². The Labute approximate surface area is 113 Å². The van der Waals surface area contributed by atoms with E-state index in [-0.39, 0.29) is 5.91 Å². The third kappa shape index (κ3) is 2.21. The summed E-state index contributed by atoms with van der Waals surface area (Å²) in [6.07, 6.45) is 2.70. The summed E-state index contributed by atoms with van der Waals surface area (Å²) in [4.78, 5) is 14.0. The quantitative estimate of drug-likeness (QED) is 0.868. The van der Waals surface area contributed by atoms with Crippen molar-refractivity contribution in [3.8, 4) is 0 Å². The third-order valence-electron chi connectivity index (χ3n) is 4.03. The van der Waals surface area contributed by atoms with Gasteiger partial charge in [-0.1, -0.05) is 13.3 Å². The molecule has 0 spiro atoms.